The molecule has 0 saturated carbocycles. The summed E-state index contributed by atoms with van der Waals surface area (Å²) in [7, 11) is 3.14. The van der Waals surface area contributed by atoms with E-state index in [0.29, 0.717) is 17.1 Å². The second-order valence-electron chi connectivity index (χ2n) is 5.65. The van der Waals surface area contributed by atoms with Crippen molar-refractivity contribution >= 4 is 22.6 Å². The highest BCUT2D eigenvalue weighted by molar-refractivity contribution is 6.13. The third kappa shape index (κ3) is 3.47. The number of phenolic OH excluding ortho intramolecular Hbond substituents is 1. The van der Waals surface area contributed by atoms with Crippen molar-refractivity contribution < 1.29 is 19.8 Å². The molecule has 0 fully saturated rings. The highest BCUT2D eigenvalue weighted by atomic mass is 16.5. The molecule has 0 heterocycles. The number of allylic oxidation sites excluding steroid dienone is 1. The first-order valence-electron chi connectivity index (χ1n) is 8.00. The molecule has 0 saturated heterocycles. The number of methoxy groups -OCH3 is 2. The van der Waals surface area contributed by atoms with Crippen LogP contribution in [0.1, 0.15) is 11.1 Å². The summed E-state index contributed by atoms with van der Waals surface area (Å²) in [6.45, 7) is 0. The van der Waals surface area contributed by atoms with Gasteiger partial charge in [0.05, 0.1) is 14.2 Å². The van der Waals surface area contributed by atoms with Gasteiger partial charge in [-0.3, -0.25) is 0 Å². The number of aromatic hydroxyl groups is 1. The van der Waals surface area contributed by atoms with Gasteiger partial charge >= 0.3 is 0 Å². The Kier molecular flexibility index (Phi) is 5.08. The standard InChI is InChI=1S/C21H19NO4/c1-25-20-10-8-14(11-21(20)26-2)7-9-18(22-24)17-12-15-5-3-4-6-16(15)13-19(17)23/h3-13,23-24H,1-2H3/b9-7+,22-18+. The van der Waals surface area contributed by atoms with Crippen LogP contribution in [0.4, 0.5) is 0 Å². The molecule has 0 spiro atoms. The molecule has 0 radical (unpaired) electrons. The van der Waals surface area contributed by atoms with Gasteiger partial charge in [-0.1, -0.05) is 41.6 Å². The van der Waals surface area contributed by atoms with E-state index in [4.69, 9.17) is 9.47 Å². The average Bonchev–Trinajstić information content (AvgIpc) is 2.68. The Morgan fingerprint density at radius 3 is 2.27 bits per heavy atom. The van der Waals surface area contributed by atoms with Crippen LogP contribution in [0.2, 0.25) is 0 Å². The lowest BCUT2D eigenvalue weighted by atomic mass is 10.0. The fourth-order valence-corrected chi connectivity index (χ4v) is 2.74. The molecule has 132 valence electrons. The van der Waals surface area contributed by atoms with Gasteiger partial charge in [-0.25, -0.2) is 0 Å². The minimum Gasteiger partial charge on any atom is -0.507 e. The summed E-state index contributed by atoms with van der Waals surface area (Å²) in [6.07, 6.45) is 3.40. The number of hydrogen-bond acceptors (Lipinski definition) is 5. The van der Waals surface area contributed by atoms with Crippen molar-refractivity contribution in [3.8, 4) is 17.2 Å². The molecule has 0 atom stereocenters. The number of oxime groups is 1. The summed E-state index contributed by atoms with van der Waals surface area (Å²) in [5.74, 6) is 1.28. The Bertz CT molecular complexity index is 992. The molecule has 26 heavy (non-hydrogen) atoms. The normalized spacial score (nSPS) is 11.8. The van der Waals surface area contributed by atoms with Crippen LogP contribution in [0.3, 0.4) is 0 Å². The molecule has 0 amide bonds. The van der Waals surface area contributed by atoms with Crippen molar-refractivity contribution in [3.63, 3.8) is 0 Å². The topological polar surface area (TPSA) is 71.3 Å². The van der Waals surface area contributed by atoms with E-state index in [1.165, 1.54) is 0 Å². The van der Waals surface area contributed by atoms with Gasteiger partial charge in [0.15, 0.2) is 11.5 Å². The van der Waals surface area contributed by atoms with Gasteiger partial charge in [0.1, 0.15) is 11.5 Å². The van der Waals surface area contributed by atoms with E-state index >= 15 is 0 Å². The minimum atomic E-state index is 0.0495. The maximum Gasteiger partial charge on any atom is 0.161 e. The van der Waals surface area contributed by atoms with Crippen molar-refractivity contribution in [2.75, 3.05) is 14.2 Å². The van der Waals surface area contributed by atoms with Crippen LogP contribution in [0, 0.1) is 0 Å². The third-order valence-corrected chi connectivity index (χ3v) is 4.09. The van der Waals surface area contributed by atoms with E-state index < -0.39 is 0 Å². The molecule has 3 aromatic rings. The maximum absolute atomic E-state index is 10.3. The summed E-state index contributed by atoms with van der Waals surface area (Å²) in [6, 6.07) is 16.6. The Morgan fingerprint density at radius 2 is 1.62 bits per heavy atom. The van der Waals surface area contributed by atoms with Crippen molar-refractivity contribution in [1.82, 2.24) is 0 Å². The zero-order valence-electron chi connectivity index (χ0n) is 14.5. The Morgan fingerprint density at radius 1 is 0.923 bits per heavy atom. The predicted molar refractivity (Wildman–Crippen MR) is 103 cm³/mol. The second kappa shape index (κ2) is 7.61. The Hall–Kier alpha value is -3.47. The summed E-state index contributed by atoms with van der Waals surface area (Å²) in [5.41, 5.74) is 1.54. The monoisotopic (exact) mass is 349 g/mol. The van der Waals surface area contributed by atoms with Crippen LogP contribution in [0.15, 0.2) is 65.8 Å². The minimum absolute atomic E-state index is 0.0495. The van der Waals surface area contributed by atoms with Crippen LogP contribution < -0.4 is 9.47 Å². The highest BCUT2D eigenvalue weighted by Crippen LogP contribution is 2.29. The van der Waals surface area contributed by atoms with Crippen molar-refractivity contribution in [3.05, 3.63) is 71.8 Å². The summed E-state index contributed by atoms with van der Waals surface area (Å²) in [5, 5.41) is 24.9. The summed E-state index contributed by atoms with van der Waals surface area (Å²) < 4.78 is 10.5. The van der Waals surface area contributed by atoms with E-state index in [-0.39, 0.29) is 11.5 Å². The number of fused-ring (bicyclic) bond motifs is 1. The van der Waals surface area contributed by atoms with Gasteiger partial charge in [0.2, 0.25) is 0 Å². The van der Waals surface area contributed by atoms with Crippen molar-refractivity contribution in [2.45, 2.75) is 0 Å². The fraction of sp³-hybridized carbons (Fsp3) is 0.0952. The maximum atomic E-state index is 10.3. The van der Waals surface area contributed by atoms with E-state index in [1.807, 2.05) is 36.4 Å². The average molecular weight is 349 g/mol. The Balaban J connectivity index is 1.95. The molecule has 3 aromatic carbocycles. The predicted octanol–water partition coefficient (Wildman–Crippen LogP) is 4.45. The first-order valence-corrected chi connectivity index (χ1v) is 8.00. The van der Waals surface area contributed by atoms with Gasteiger partial charge in [-0.2, -0.15) is 0 Å². The molecule has 2 N–H and O–H groups in total. The molecule has 0 aliphatic carbocycles. The SMILES string of the molecule is COc1ccc(/C=C/C(=N\O)c2cc3ccccc3cc2O)cc1OC. The van der Waals surface area contributed by atoms with Crippen LogP contribution in [-0.2, 0) is 0 Å². The van der Waals surface area contributed by atoms with Gasteiger partial charge in [0, 0.05) is 5.56 Å². The summed E-state index contributed by atoms with van der Waals surface area (Å²) >= 11 is 0. The van der Waals surface area contributed by atoms with Crippen LogP contribution >= 0.6 is 0 Å². The van der Waals surface area contributed by atoms with Crippen LogP contribution in [0.25, 0.3) is 16.8 Å². The molecule has 0 aliphatic heterocycles. The van der Waals surface area contributed by atoms with E-state index in [9.17, 15) is 10.3 Å². The quantitative estimate of drug-likeness (QED) is 0.405. The largest absolute Gasteiger partial charge is 0.507 e. The molecule has 0 bridgehead atoms. The molecule has 5 heteroatoms. The van der Waals surface area contributed by atoms with Gasteiger partial charge in [0.25, 0.3) is 0 Å². The van der Waals surface area contributed by atoms with E-state index in [1.54, 1.807) is 44.6 Å². The molecule has 3 rings (SSSR count). The zero-order valence-corrected chi connectivity index (χ0v) is 14.5. The fourth-order valence-electron chi connectivity index (χ4n) is 2.74. The Labute approximate surface area is 151 Å². The van der Waals surface area contributed by atoms with Crippen LogP contribution in [0.5, 0.6) is 17.2 Å². The molecular weight excluding hydrogens is 330 g/mol. The second-order valence-corrected chi connectivity index (χ2v) is 5.65. The lowest BCUT2D eigenvalue weighted by molar-refractivity contribution is 0.319. The number of rotatable bonds is 5. The lowest BCUT2D eigenvalue weighted by Crippen LogP contribution is -1.98. The lowest BCUT2D eigenvalue weighted by Gasteiger charge is -2.08. The molecule has 0 aliphatic rings. The third-order valence-electron chi connectivity index (χ3n) is 4.09. The number of hydrogen-bond donors (Lipinski definition) is 2. The van der Waals surface area contributed by atoms with Gasteiger partial charge in [-0.15, -0.1) is 0 Å². The van der Waals surface area contributed by atoms with Crippen molar-refractivity contribution in [2.24, 2.45) is 5.16 Å². The first-order chi connectivity index (χ1) is 12.7. The number of benzene rings is 3. The van der Waals surface area contributed by atoms with Crippen molar-refractivity contribution in [1.29, 1.82) is 0 Å². The first kappa shape index (κ1) is 17.4. The number of ether oxygens (including phenoxy) is 2. The van der Waals surface area contributed by atoms with Gasteiger partial charge in [-0.05, 0) is 46.7 Å². The molecule has 0 aromatic heterocycles. The number of nitrogens with zero attached hydrogens (tertiary/aromatic N) is 1. The molecular formula is C21H19NO4. The summed E-state index contributed by atoms with van der Waals surface area (Å²) in [4.78, 5) is 0. The van der Waals surface area contributed by atoms with E-state index in [0.717, 1.165) is 16.3 Å². The smallest absolute Gasteiger partial charge is 0.161 e. The zero-order chi connectivity index (χ0) is 18.5. The van der Waals surface area contributed by atoms with Crippen LogP contribution in [-0.4, -0.2) is 30.2 Å². The number of phenols is 1. The highest BCUT2D eigenvalue weighted by Gasteiger charge is 2.09. The van der Waals surface area contributed by atoms with E-state index in [2.05, 4.69) is 5.16 Å². The molecule has 0 unspecified atom stereocenters. The molecule has 5 nitrogen and oxygen atoms in total. The van der Waals surface area contributed by atoms with Gasteiger partial charge < -0.3 is 19.8 Å².